The maximum atomic E-state index is 12.9. The third-order valence-corrected chi connectivity index (χ3v) is 7.11. The van der Waals surface area contributed by atoms with E-state index in [0.29, 0.717) is 30.4 Å². The molecule has 0 atom stereocenters. The summed E-state index contributed by atoms with van der Waals surface area (Å²) in [5.74, 6) is -0.0937. The van der Waals surface area contributed by atoms with Crippen LogP contribution in [0.3, 0.4) is 0 Å². The van der Waals surface area contributed by atoms with E-state index in [1.165, 1.54) is 12.1 Å². The van der Waals surface area contributed by atoms with E-state index < -0.39 is 10.0 Å². The van der Waals surface area contributed by atoms with Crippen LogP contribution in [-0.2, 0) is 10.0 Å². The lowest BCUT2D eigenvalue weighted by Gasteiger charge is -2.32. The Balaban J connectivity index is 1.44. The number of hydrogen-bond acceptors (Lipinski definition) is 4. The number of carbonyl (C=O) groups is 1. The van der Waals surface area contributed by atoms with Crippen molar-refractivity contribution in [3.05, 3.63) is 77.3 Å². The van der Waals surface area contributed by atoms with Gasteiger partial charge in [0.05, 0.1) is 11.2 Å². The number of hydrogen-bond donors (Lipinski definition) is 1. The molecular formula is C21H21BrN4O3S. The van der Waals surface area contributed by atoms with Crippen LogP contribution in [0.2, 0.25) is 0 Å². The Morgan fingerprint density at radius 2 is 1.83 bits per heavy atom. The fraction of sp³-hybridized carbons (Fsp3) is 0.238. The fourth-order valence-electron chi connectivity index (χ4n) is 3.58. The summed E-state index contributed by atoms with van der Waals surface area (Å²) in [6.45, 7) is 1.30. The Labute approximate surface area is 183 Å². The van der Waals surface area contributed by atoms with Gasteiger partial charge in [0.1, 0.15) is 0 Å². The molecule has 2 aromatic carbocycles. The maximum absolute atomic E-state index is 12.9. The Morgan fingerprint density at radius 3 is 2.50 bits per heavy atom. The summed E-state index contributed by atoms with van der Waals surface area (Å²) >= 11 is 3.30. The zero-order valence-corrected chi connectivity index (χ0v) is 18.5. The van der Waals surface area contributed by atoms with Crippen molar-refractivity contribution in [3.63, 3.8) is 0 Å². The van der Waals surface area contributed by atoms with Gasteiger partial charge in [0.2, 0.25) is 0 Å². The molecule has 0 radical (unpaired) electrons. The summed E-state index contributed by atoms with van der Waals surface area (Å²) in [6, 6.07) is 13.3. The Hall–Kier alpha value is -2.65. The van der Waals surface area contributed by atoms with E-state index in [9.17, 15) is 13.2 Å². The summed E-state index contributed by atoms with van der Waals surface area (Å²) < 4.78 is 30.7. The first-order valence-corrected chi connectivity index (χ1v) is 11.9. The number of sulfonamides is 1. The van der Waals surface area contributed by atoms with Gasteiger partial charge in [-0.2, -0.15) is 0 Å². The lowest BCUT2D eigenvalue weighted by molar-refractivity contribution is 0.0694. The van der Waals surface area contributed by atoms with E-state index in [0.717, 1.165) is 17.3 Å². The van der Waals surface area contributed by atoms with Crippen LogP contribution in [0.1, 0.15) is 29.2 Å². The molecule has 3 aromatic rings. The summed E-state index contributed by atoms with van der Waals surface area (Å²) in [7, 11) is -3.73. The molecule has 0 unspecified atom stereocenters. The highest BCUT2D eigenvalue weighted by Gasteiger charge is 2.24. The van der Waals surface area contributed by atoms with Crippen LogP contribution in [0.25, 0.3) is 0 Å². The van der Waals surface area contributed by atoms with Crippen LogP contribution in [-0.4, -0.2) is 41.9 Å². The molecule has 0 aliphatic carbocycles. The fourth-order valence-corrected chi connectivity index (χ4v) is 4.89. The highest BCUT2D eigenvalue weighted by Crippen LogP contribution is 2.24. The quantitative estimate of drug-likeness (QED) is 0.589. The van der Waals surface area contributed by atoms with E-state index in [-0.39, 0.29) is 10.8 Å². The summed E-state index contributed by atoms with van der Waals surface area (Å²) in [6.07, 6.45) is 7.24. The first kappa shape index (κ1) is 20.6. The van der Waals surface area contributed by atoms with Gasteiger partial charge in [-0.15, -0.1) is 0 Å². The predicted octanol–water partition coefficient (Wildman–Crippen LogP) is 3.92. The second-order valence-electron chi connectivity index (χ2n) is 7.17. The molecule has 1 amide bonds. The van der Waals surface area contributed by atoms with Crippen molar-refractivity contribution in [1.82, 2.24) is 14.5 Å². The molecule has 1 aliphatic heterocycles. The van der Waals surface area contributed by atoms with Crippen molar-refractivity contribution in [2.45, 2.75) is 23.8 Å². The minimum atomic E-state index is -3.73. The highest BCUT2D eigenvalue weighted by molar-refractivity contribution is 9.10. The maximum Gasteiger partial charge on any atom is 0.261 e. The summed E-state index contributed by atoms with van der Waals surface area (Å²) in [4.78, 5) is 19.0. The van der Waals surface area contributed by atoms with Crippen molar-refractivity contribution in [2.75, 3.05) is 17.8 Å². The average Bonchev–Trinajstić information content (AvgIpc) is 3.28. The van der Waals surface area contributed by atoms with E-state index >= 15 is 0 Å². The number of benzene rings is 2. The normalized spacial score (nSPS) is 15.2. The van der Waals surface area contributed by atoms with E-state index in [4.69, 9.17) is 0 Å². The lowest BCUT2D eigenvalue weighted by atomic mass is 10.0. The number of carbonyl (C=O) groups excluding carboxylic acids is 1. The molecule has 1 aromatic heterocycles. The van der Waals surface area contributed by atoms with Crippen molar-refractivity contribution in [2.24, 2.45) is 0 Å². The van der Waals surface area contributed by atoms with Crippen molar-refractivity contribution < 1.29 is 13.2 Å². The van der Waals surface area contributed by atoms with Gasteiger partial charge < -0.3 is 9.47 Å². The van der Waals surface area contributed by atoms with Crippen LogP contribution in [0.4, 0.5) is 5.69 Å². The minimum absolute atomic E-state index is 0.0937. The molecule has 1 aliphatic rings. The number of nitrogens with one attached hydrogen (secondary N) is 1. The summed E-state index contributed by atoms with van der Waals surface area (Å²) in [5, 5.41) is 0. The first-order valence-electron chi connectivity index (χ1n) is 9.57. The largest absolute Gasteiger partial charge is 0.338 e. The van der Waals surface area contributed by atoms with Crippen LogP contribution in [0.15, 0.2) is 76.6 Å². The van der Waals surface area contributed by atoms with Crippen LogP contribution >= 0.6 is 15.9 Å². The zero-order chi connectivity index (χ0) is 21.1. The van der Waals surface area contributed by atoms with Gasteiger partial charge in [0.25, 0.3) is 15.9 Å². The third-order valence-electron chi connectivity index (χ3n) is 5.18. The van der Waals surface area contributed by atoms with Gasteiger partial charge in [-0.1, -0.05) is 22.0 Å². The van der Waals surface area contributed by atoms with Crippen molar-refractivity contribution in [3.8, 4) is 0 Å². The van der Waals surface area contributed by atoms with Crippen LogP contribution < -0.4 is 4.72 Å². The van der Waals surface area contributed by atoms with Crippen molar-refractivity contribution >= 4 is 37.5 Å². The molecule has 156 valence electrons. The molecule has 0 saturated carbocycles. The third kappa shape index (κ3) is 4.57. The summed E-state index contributed by atoms with van der Waals surface area (Å²) in [5.41, 5.74) is 0.823. The number of piperidine rings is 1. The molecular weight excluding hydrogens is 468 g/mol. The van der Waals surface area contributed by atoms with Gasteiger partial charge in [-0.25, -0.2) is 13.4 Å². The predicted molar refractivity (Wildman–Crippen MR) is 118 cm³/mol. The van der Waals surface area contributed by atoms with Gasteiger partial charge in [-0.05, 0) is 55.3 Å². The second kappa shape index (κ2) is 8.61. The number of halogens is 1. The molecule has 1 N–H and O–H groups in total. The molecule has 1 fully saturated rings. The SMILES string of the molecule is O=C(c1cccc(NS(=O)(=O)c2ccc(Br)cc2)c1)N1CCC(n2ccnc2)CC1. The molecule has 0 spiro atoms. The second-order valence-corrected chi connectivity index (χ2v) is 9.77. The van der Waals surface area contributed by atoms with Gasteiger partial charge in [0.15, 0.2) is 0 Å². The minimum Gasteiger partial charge on any atom is -0.338 e. The van der Waals surface area contributed by atoms with Gasteiger partial charge in [0, 0.05) is 47.2 Å². The van der Waals surface area contributed by atoms with E-state index in [1.807, 2.05) is 17.4 Å². The Morgan fingerprint density at radius 1 is 1.10 bits per heavy atom. The van der Waals surface area contributed by atoms with Gasteiger partial charge >= 0.3 is 0 Å². The number of imidazole rings is 1. The molecule has 7 nitrogen and oxygen atoms in total. The number of rotatable bonds is 5. The van der Waals surface area contributed by atoms with E-state index in [1.54, 1.807) is 42.6 Å². The molecule has 2 heterocycles. The number of aromatic nitrogens is 2. The van der Waals surface area contributed by atoms with Crippen molar-refractivity contribution in [1.29, 1.82) is 0 Å². The molecule has 30 heavy (non-hydrogen) atoms. The van der Waals surface area contributed by atoms with Crippen LogP contribution in [0, 0.1) is 0 Å². The smallest absolute Gasteiger partial charge is 0.261 e. The number of anilines is 1. The molecule has 0 bridgehead atoms. The van der Waals surface area contributed by atoms with Crippen LogP contribution in [0.5, 0.6) is 0 Å². The number of likely N-dealkylation sites (tertiary alicyclic amines) is 1. The average molecular weight is 489 g/mol. The monoisotopic (exact) mass is 488 g/mol. The highest BCUT2D eigenvalue weighted by atomic mass is 79.9. The topological polar surface area (TPSA) is 84.3 Å². The first-order chi connectivity index (χ1) is 14.4. The lowest BCUT2D eigenvalue weighted by Crippen LogP contribution is -2.38. The number of nitrogens with zero attached hydrogens (tertiary/aromatic N) is 3. The number of amides is 1. The van der Waals surface area contributed by atoms with E-state index in [2.05, 4.69) is 30.2 Å². The van der Waals surface area contributed by atoms with Gasteiger partial charge in [-0.3, -0.25) is 9.52 Å². The molecule has 9 heteroatoms. The Kier molecular flexibility index (Phi) is 5.92. The Bertz CT molecular complexity index is 1120. The molecule has 4 rings (SSSR count). The molecule has 1 saturated heterocycles. The standard InChI is InChI=1S/C21H21BrN4O3S/c22-17-4-6-20(7-5-17)30(28,29)24-18-3-1-2-16(14-18)21(27)25-11-8-19(9-12-25)26-13-10-23-15-26/h1-7,10,13-15,19,24H,8-9,11-12H2. The zero-order valence-electron chi connectivity index (χ0n) is 16.1.